The minimum absolute atomic E-state index is 0. The van der Waals surface area contributed by atoms with E-state index in [1.54, 1.807) is 0 Å². The van der Waals surface area contributed by atoms with Crippen molar-refractivity contribution in [3.63, 3.8) is 0 Å². The number of carbonyl (C=O) groups excluding carboxylic acids is 2. The van der Waals surface area contributed by atoms with E-state index in [9.17, 15) is 9.59 Å². The van der Waals surface area contributed by atoms with Crippen molar-refractivity contribution in [1.82, 2.24) is 0 Å². The molecule has 0 aliphatic carbocycles. The molecule has 7 heteroatoms. The molecule has 0 saturated heterocycles. The van der Waals surface area contributed by atoms with Gasteiger partial charge in [-0.3, -0.25) is 9.59 Å². The zero-order valence-corrected chi connectivity index (χ0v) is 26.8. The summed E-state index contributed by atoms with van der Waals surface area (Å²) in [6.45, 7) is 10.8. The summed E-state index contributed by atoms with van der Waals surface area (Å²) in [5, 5.41) is 3.45. The third-order valence-corrected chi connectivity index (χ3v) is 16.3. The fraction of sp³-hybridized carbons (Fsp3) is 0.355. The van der Waals surface area contributed by atoms with Gasteiger partial charge in [0.15, 0.2) is 14.1 Å². The molecule has 0 saturated carbocycles. The molecule has 38 heavy (non-hydrogen) atoms. The van der Waals surface area contributed by atoms with E-state index in [0.29, 0.717) is 6.16 Å². The van der Waals surface area contributed by atoms with Crippen LogP contribution in [0.3, 0.4) is 0 Å². The van der Waals surface area contributed by atoms with Gasteiger partial charge in [0.2, 0.25) is 0 Å². The number of ether oxygens (including phenoxy) is 1. The van der Waals surface area contributed by atoms with Crippen LogP contribution in [0, 0.1) is 0 Å². The molecule has 0 unspecified atom stereocenters. The first-order valence-corrected chi connectivity index (χ1v) is 17.7. The maximum atomic E-state index is 14.0. The van der Waals surface area contributed by atoms with Crippen LogP contribution in [0.1, 0.15) is 33.6 Å². The first kappa shape index (κ1) is 32.1. The minimum atomic E-state index is -2.30. The van der Waals surface area contributed by atoms with E-state index >= 15 is 0 Å². The molecule has 0 fully saturated rings. The van der Waals surface area contributed by atoms with E-state index in [4.69, 9.17) is 9.16 Å². The second kappa shape index (κ2) is 13.8. The van der Waals surface area contributed by atoms with Crippen LogP contribution in [0.4, 0.5) is 0 Å². The molecule has 0 spiro atoms. The summed E-state index contributed by atoms with van der Waals surface area (Å²) < 4.78 is 11.6. The van der Waals surface area contributed by atoms with Gasteiger partial charge in [-0.05, 0) is 54.5 Å². The number of ketones is 1. The summed E-state index contributed by atoms with van der Waals surface area (Å²) in [4.78, 5) is 26.3. The maximum Gasteiger partial charge on any atom is 0.308 e. The lowest BCUT2D eigenvalue weighted by molar-refractivity contribution is -0.142. The van der Waals surface area contributed by atoms with Crippen LogP contribution in [-0.4, -0.2) is 39.4 Å². The zero-order chi connectivity index (χ0) is 27.1. The van der Waals surface area contributed by atoms with Gasteiger partial charge >= 0.3 is 5.97 Å². The van der Waals surface area contributed by atoms with Crippen LogP contribution in [0.25, 0.3) is 0 Å². The fourth-order valence-corrected chi connectivity index (χ4v) is 9.87. The van der Waals surface area contributed by atoms with Crippen LogP contribution in [-0.2, 0) is 18.8 Å². The van der Waals surface area contributed by atoms with Crippen LogP contribution in [0.5, 0.6) is 0 Å². The normalized spacial score (nSPS) is 12.8. The lowest BCUT2D eigenvalue weighted by Gasteiger charge is -2.39. The Morgan fingerprint density at radius 3 is 1.50 bits per heavy atom. The van der Waals surface area contributed by atoms with E-state index in [1.807, 2.05) is 54.6 Å². The van der Waals surface area contributed by atoms with Crippen molar-refractivity contribution in [1.29, 1.82) is 0 Å². The Bertz CT molecular complexity index is 1070. The van der Waals surface area contributed by atoms with Crippen LogP contribution in [0.2, 0.25) is 18.1 Å². The molecule has 1 atom stereocenters. The van der Waals surface area contributed by atoms with Gasteiger partial charge < -0.3 is 26.1 Å². The summed E-state index contributed by atoms with van der Waals surface area (Å²) in [5.74, 6) is -0.260. The summed E-state index contributed by atoms with van der Waals surface area (Å²) in [6, 6.07) is 31.1. The summed E-state index contributed by atoms with van der Waals surface area (Å²) in [5.41, 5.74) is 0. The number of esters is 1. The van der Waals surface area contributed by atoms with Gasteiger partial charge in [0.25, 0.3) is 0 Å². The molecule has 0 aromatic heterocycles. The highest BCUT2D eigenvalue weighted by Gasteiger charge is 2.48. The van der Waals surface area contributed by atoms with E-state index in [-0.39, 0.29) is 46.6 Å². The number of hydrogen-bond donors (Lipinski definition) is 0. The van der Waals surface area contributed by atoms with E-state index in [0.717, 1.165) is 15.9 Å². The molecule has 0 aliphatic rings. The summed E-state index contributed by atoms with van der Waals surface area (Å²) in [6.07, 6.45) is 0.104. The number of halogens is 1. The third kappa shape index (κ3) is 7.72. The third-order valence-electron chi connectivity index (χ3n) is 7.35. The van der Waals surface area contributed by atoms with Gasteiger partial charge in [0.1, 0.15) is 29.3 Å². The molecule has 0 heterocycles. The predicted octanol–water partition coefficient (Wildman–Crippen LogP) is 2.90. The fourth-order valence-electron chi connectivity index (χ4n) is 4.37. The molecule has 0 amide bonds. The molecule has 0 aliphatic heterocycles. The highest BCUT2D eigenvalue weighted by molar-refractivity contribution is 7.96. The van der Waals surface area contributed by atoms with Gasteiger partial charge in [-0.15, -0.1) is 0 Å². The predicted molar refractivity (Wildman–Crippen MR) is 158 cm³/mol. The Hall–Kier alpha value is -2.11. The Morgan fingerprint density at radius 1 is 0.763 bits per heavy atom. The van der Waals surface area contributed by atoms with E-state index < -0.39 is 21.7 Å². The minimum Gasteiger partial charge on any atom is -1.00 e. The number of methoxy groups -OCH3 is 1. The Morgan fingerprint density at radius 2 is 1.16 bits per heavy atom. The van der Waals surface area contributed by atoms with Crippen LogP contribution in [0.15, 0.2) is 91.0 Å². The standard InChI is InChI=1S/C31H40O4PSi.BrH/c1-31(2,3)37(5,6)35-26(23-30(33)34-4)22-25(32)24-36(27-16-10-7-11-17-27,28-18-12-8-13-19-28)29-20-14-9-15-21-29;/h7-21,26H,22-24H2,1-6H3;1H/q+1;/p-1/t26-;/m1./s1. The highest BCUT2D eigenvalue weighted by Crippen LogP contribution is 2.55. The molecular formula is C31H40BrO4PSi. The van der Waals surface area contributed by atoms with Crippen molar-refractivity contribution in [2.24, 2.45) is 0 Å². The molecule has 0 N–H and O–H groups in total. The summed E-state index contributed by atoms with van der Waals surface area (Å²) in [7, 11) is -3.14. The van der Waals surface area contributed by atoms with Crippen molar-refractivity contribution in [3.8, 4) is 0 Å². The maximum absolute atomic E-state index is 14.0. The zero-order valence-electron chi connectivity index (χ0n) is 23.3. The monoisotopic (exact) mass is 614 g/mol. The van der Waals surface area contributed by atoms with Gasteiger partial charge in [-0.2, -0.15) is 0 Å². The first-order chi connectivity index (χ1) is 17.5. The number of carbonyl (C=O) groups is 2. The first-order valence-electron chi connectivity index (χ1n) is 12.8. The molecule has 4 nitrogen and oxygen atoms in total. The second-order valence-electron chi connectivity index (χ2n) is 11.0. The SMILES string of the molecule is COC(=O)C[C@@H](CC(=O)C[P+](c1ccccc1)(c1ccccc1)c1ccccc1)O[Si](C)(C)C(C)(C)C.[Br-]. The number of benzene rings is 3. The van der Waals surface area contributed by atoms with E-state index in [1.165, 1.54) is 7.11 Å². The molecule has 0 bridgehead atoms. The van der Waals surface area contributed by atoms with Gasteiger partial charge in [-0.25, -0.2) is 0 Å². The number of rotatable bonds is 11. The summed E-state index contributed by atoms with van der Waals surface area (Å²) >= 11 is 0. The average Bonchev–Trinajstić information content (AvgIpc) is 2.87. The second-order valence-corrected chi connectivity index (χ2v) is 19.2. The van der Waals surface area contributed by atoms with Crippen molar-refractivity contribution in [2.75, 3.05) is 13.3 Å². The van der Waals surface area contributed by atoms with Gasteiger partial charge in [-0.1, -0.05) is 75.4 Å². The highest BCUT2D eigenvalue weighted by atomic mass is 79.9. The molecule has 204 valence electrons. The van der Waals surface area contributed by atoms with Crippen molar-refractivity contribution >= 4 is 43.2 Å². The Labute approximate surface area is 240 Å². The number of hydrogen-bond acceptors (Lipinski definition) is 4. The molecule has 3 aromatic rings. The largest absolute Gasteiger partial charge is 1.00 e. The van der Waals surface area contributed by atoms with Crippen LogP contribution >= 0.6 is 7.26 Å². The van der Waals surface area contributed by atoms with Crippen molar-refractivity contribution in [2.45, 2.75) is 57.8 Å². The molecular weight excluding hydrogens is 575 g/mol. The van der Waals surface area contributed by atoms with Crippen molar-refractivity contribution in [3.05, 3.63) is 91.0 Å². The lowest BCUT2D eigenvalue weighted by Crippen LogP contribution is -3.00. The molecule has 3 aromatic carbocycles. The lowest BCUT2D eigenvalue weighted by atomic mass is 10.1. The van der Waals surface area contributed by atoms with E-state index in [2.05, 4.69) is 70.3 Å². The molecule has 0 radical (unpaired) electrons. The smallest absolute Gasteiger partial charge is 0.308 e. The van der Waals surface area contributed by atoms with Crippen LogP contribution < -0.4 is 32.9 Å². The topological polar surface area (TPSA) is 52.6 Å². The number of Topliss-reactive ketones (excluding diaryl/α,β-unsaturated/α-hetero) is 1. The Balaban J connectivity index is 0.00000507. The molecule has 3 rings (SSSR count). The average molecular weight is 616 g/mol. The Kier molecular flexibility index (Phi) is 11.7. The van der Waals surface area contributed by atoms with Gasteiger partial charge in [0.05, 0.1) is 19.6 Å². The van der Waals surface area contributed by atoms with Crippen molar-refractivity contribution < 1.29 is 35.7 Å². The quantitative estimate of drug-likeness (QED) is 0.189. The van der Waals surface area contributed by atoms with Gasteiger partial charge in [0, 0.05) is 6.42 Å².